The first-order valence-corrected chi connectivity index (χ1v) is 6.39. The van der Waals surface area contributed by atoms with Crippen molar-refractivity contribution in [2.45, 2.75) is 11.4 Å². The summed E-state index contributed by atoms with van der Waals surface area (Å²) in [6.45, 7) is 0.0461. The first-order valence-electron chi connectivity index (χ1n) is 5.57. The minimum absolute atomic E-state index is 0.0461. The SMILES string of the molecule is Fc1ccc(CNSc2c(F)c(F)c(F)c(F)c2F)cc1. The molecular formula is C13H7F6NS. The van der Waals surface area contributed by atoms with Gasteiger partial charge in [-0.2, -0.15) is 0 Å². The van der Waals surface area contributed by atoms with Crippen LogP contribution >= 0.6 is 11.9 Å². The van der Waals surface area contributed by atoms with E-state index in [2.05, 4.69) is 4.72 Å². The normalized spacial score (nSPS) is 11.0. The highest BCUT2D eigenvalue weighted by Crippen LogP contribution is 2.29. The molecule has 1 nitrogen and oxygen atoms in total. The van der Waals surface area contributed by atoms with Crippen molar-refractivity contribution in [2.75, 3.05) is 0 Å². The summed E-state index contributed by atoms with van der Waals surface area (Å²) in [6, 6.07) is 5.20. The lowest BCUT2D eigenvalue weighted by Crippen LogP contribution is -2.08. The van der Waals surface area contributed by atoms with Gasteiger partial charge < -0.3 is 0 Å². The smallest absolute Gasteiger partial charge is 0.200 e. The van der Waals surface area contributed by atoms with Crippen molar-refractivity contribution in [1.29, 1.82) is 0 Å². The van der Waals surface area contributed by atoms with Crippen LogP contribution in [-0.2, 0) is 6.54 Å². The Balaban J connectivity index is 2.12. The van der Waals surface area contributed by atoms with Gasteiger partial charge in [-0.25, -0.2) is 26.3 Å². The number of nitrogens with one attached hydrogen (secondary N) is 1. The predicted octanol–water partition coefficient (Wildman–Crippen LogP) is 4.32. The third kappa shape index (κ3) is 3.33. The van der Waals surface area contributed by atoms with Crippen LogP contribution in [0.15, 0.2) is 29.2 Å². The summed E-state index contributed by atoms with van der Waals surface area (Å²) >= 11 is 0.269. The minimum atomic E-state index is -2.20. The third-order valence-electron chi connectivity index (χ3n) is 2.53. The molecule has 0 radical (unpaired) electrons. The van der Waals surface area contributed by atoms with Gasteiger partial charge in [0.05, 0.1) is 0 Å². The fourth-order valence-corrected chi connectivity index (χ4v) is 2.21. The van der Waals surface area contributed by atoms with Crippen molar-refractivity contribution in [3.8, 4) is 0 Å². The maximum absolute atomic E-state index is 13.3. The van der Waals surface area contributed by atoms with Gasteiger partial charge in [0.25, 0.3) is 0 Å². The zero-order valence-corrected chi connectivity index (χ0v) is 11.0. The summed E-state index contributed by atoms with van der Waals surface area (Å²) in [6.07, 6.45) is 0. The second-order valence-corrected chi connectivity index (χ2v) is 4.85. The highest BCUT2D eigenvalue weighted by molar-refractivity contribution is 7.97. The molecule has 1 N–H and O–H groups in total. The molecule has 8 heteroatoms. The monoisotopic (exact) mass is 323 g/mol. The van der Waals surface area contributed by atoms with E-state index >= 15 is 0 Å². The molecule has 0 aliphatic heterocycles. The molecule has 2 aromatic rings. The Morgan fingerprint density at radius 2 is 1.19 bits per heavy atom. The van der Waals surface area contributed by atoms with Crippen molar-refractivity contribution in [3.63, 3.8) is 0 Å². The van der Waals surface area contributed by atoms with Crippen molar-refractivity contribution >= 4 is 11.9 Å². The van der Waals surface area contributed by atoms with Crippen LogP contribution in [0.25, 0.3) is 0 Å². The van der Waals surface area contributed by atoms with Crippen LogP contribution in [-0.4, -0.2) is 0 Å². The van der Waals surface area contributed by atoms with E-state index in [0.717, 1.165) is 0 Å². The molecule has 0 unspecified atom stereocenters. The molecule has 0 bridgehead atoms. The lowest BCUT2D eigenvalue weighted by atomic mass is 10.2. The average Bonchev–Trinajstić information content (AvgIpc) is 2.48. The molecule has 0 fully saturated rings. The van der Waals surface area contributed by atoms with E-state index in [1.165, 1.54) is 24.3 Å². The van der Waals surface area contributed by atoms with Crippen LogP contribution in [0.1, 0.15) is 5.56 Å². The van der Waals surface area contributed by atoms with E-state index in [4.69, 9.17) is 0 Å². The first-order chi connectivity index (χ1) is 9.91. The third-order valence-corrected chi connectivity index (χ3v) is 3.38. The van der Waals surface area contributed by atoms with E-state index in [1.54, 1.807) is 0 Å². The van der Waals surface area contributed by atoms with Gasteiger partial charge in [0, 0.05) is 6.54 Å². The topological polar surface area (TPSA) is 12.0 Å². The molecule has 21 heavy (non-hydrogen) atoms. The van der Waals surface area contributed by atoms with Crippen molar-refractivity contribution in [1.82, 2.24) is 4.72 Å². The number of hydrogen-bond acceptors (Lipinski definition) is 2. The second-order valence-electron chi connectivity index (χ2n) is 3.95. The van der Waals surface area contributed by atoms with E-state index in [-0.39, 0.29) is 18.5 Å². The highest BCUT2D eigenvalue weighted by atomic mass is 32.2. The van der Waals surface area contributed by atoms with E-state index < -0.39 is 39.8 Å². The highest BCUT2D eigenvalue weighted by Gasteiger charge is 2.25. The number of halogens is 6. The maximum atomic E-state index is 13.3. The molecule has 112 valence electrons. The van der Waals surface area contributed by atoms with Crippen LogP contribution in [0.5, 0.6) is 0 Å². The summed E-state index contributed by atoms with van der Waals surface area (Å²) in [5.74, 6) is -10.5. The number of hydrogen-bond donors (Lipinski definition) is 1. The number of benzene rings is 2. The fourth-order valence-electron chi connectivity index (χ4n) is 1.47. The van der Waals surface area contributed by atoms with E-state index in [1.807, 2.05) is 0 Å². The summed E-state index contributed by atoms with van der Waals surface area (Å²) < 4.78 is 80.6. The van der Waals surface area contributed by atoms with E-state index in [0.29, 0.717) is 5.56 Å². The molecule has 0 aliphatic carbocycles. The summed E-state index contributed by atoms with van der Waals surface area (Å²) in [7, 11) is 0. The summed E-state index contributed by atoms with van der Waals surface area (Å²) in [5.41, 5.74) is 0.577. The molecule has 0 heterocycles. The lowest BCUT2D eigenvalue weighted by molar-refractivity contribution is 0.360. The Bertz CT molecular complexity index is 630. The van der Waals surface area contributed by atoms with Gasteiger partial charge in [0.2, 0.25) is 5.82 Å². The van der Waals surface area contributed by atoms with Gasteiger partial charge in [-0.15, -0.1) is 0 Å². The van der Waals surface area contributed by atoms with Crippen molar-refractivity contribution < 1.29 is 26.3 Å². The quantitative estimate of drug-likeness (QED) is 0.389. The van der Waals surface area contributed by atoms with Gasteiger partial charge >= 0.3 is 0 Å². The van der Waals surface area contributed by atoms with Crippen LogP contribution in [0.3, 0.4) is 0 Å². The molecule has 0 amide bonds. The van der Waals surface area contributed by atoms with Crippen molar-refractivity contribution in [3.05, 3.63) is 64.7 Å². The first kappa shape index (κ1) is 15.7. The van der Waals surface area contributed by atoms with Crippen LogP contribution in [0, 0.1) is 34.9 Å². The van der Waals surface area contributed by atoms with Crippen LogP contribution in [0.2, 0.25) is 0 Å². The molecule has 0 atom stereocenters. The summed E-state index contributed by atoms with van der Waals surface area (Å²) in [5, 5.41) is 0. The van der Waals surface area contributed by atoms with Gasteiger partial charge in [-0.05, 0) is 29.6 Å². The molecule has 2 rings (SSSR count). The van der Waals surface area contributed by atoms with Crippen molar-refractivity contribution in [2.24, 2.45) is 0 Å². The Hall–Kier alpha value is -1.67. The number of rotatable bonds is 4. The Labute approximate surface area is 120 Å². The van der Waals surface area contributed by atoms with Gasteiger partial charge in [0.1, 0.15) is 10.7 Å². The van der Waals surface area contributed by atoms with Crippen LogP contribution < -0.4 is 4.72 Å². The standard InChI is InChI=1S/C13H7F6NS/c14-7-3-1-6(2-4-7)5-20-21-13-11(18)9(16)8(15)10(17)12(13)19/h1-4,20H,5H2. The largest absolute Gasteiger partial charge is 0.255 e. The zero-order valence-electron chi connectivity index (χ0n) is 10.2. The Morgan fingerprint density at radius 1 is 0.714 bits per heavy atom. The maximum Gasteiger partial charge on any atom is 0.200 e. The molecule has 2 aromatic carbocycles. The van der Waals surface area contributed by atoms with Gasteiger partial charge in [0.15, 0.2) is 23.3 Å². The summed E-state index contributed by atoms with van der Waals surface area (Å²) in [4.78, 5) is -1.02. The minimum Gasteiger partial charge on any atom is -0.255 e. The van der Waals surface area contributed by atoms with Gasteiger partial charge in [-0.3, -0.25) is 4.72 Å². The van der Waals surface area contributed by atoms with E-state index in [9.17, 15) is 26.3 Å². The van der Waals surface area contributed by atoms with Gasteiger partial charge in [-0.1, -0.05) is 12.1 Å². The molecular weight excluding hydrogens is 316 g/mol. The molecule has 0 spiro atoms. The molecule has 0 aromatic heterocycles. The predicted molar refractivity (Wildman–Crippen MR) is 65.3 cm³/mol. The Morgan fingerprint density at radius 3 is 1.71 bits per heavy atom. The second kappa shape index (κ2) is 6.40. The fraction of sp³-hybridized carbons (Fsp3) is 0.0769. The van der Waals surface area contributed by atoms with Crippen LogP contribution in [0.4, 0.5) is 26.3 Å². The average molecular weight is 323 g/mol. The lowest BCUT2D eigenvalue weighted by Gasteiger charge is -2.08. The molecule has 0 saturated heterocycles. The molecule has 0 aliphatic rings. The zero-order chi connectivity index (χ0) is 15.6. The molecule has 0 saturated carbocycles. The Kier molecular flexibility index (Phi) is 4.79.